The molecule has 1 aliphatic rings. The molecule has 106 valence electrons. The van der Waals surface area contributed by atoms with Gasteiger partial charge in [-0.3, -0.25) is 0 Å². The van der Waals surface area contributed by atoms with Crippen molar-refractivity contribution < 1.29 is 13.2 Å². The molecule has 0 amide bonds. The zero-order valence-corrected chi connectivity index (χ0v) is 11.9. The van der Waals surface area contributed by atoms with Crippen LogP contribution < -0.4 is 5.73 Å². The lowest BCUT2D eigenvalue weighted by atomic mass is 10.2. The minimum atomic E-state index is -3.43. The summed E-state index contributed by atoms with van der Waals surface area (Å²) in [6.07, 6.45) is 0.658. The van der Waals surface area contributed by atoms with Gasteiger partial charge in [-0.05, 0) is 31.0 Å². The summed E-state index contributed by atoms with van der Waals surface area (Å²) >= 11 is 0. The van der Waals surface area contributed by atoms with Crippen molar-refractivity contribution in [3.63, 3.8) is 0 Å². The highest BCUT2D eigenvalue weighted by atomic mass is 32.2. The van der Waals surface area contributed by atoms with E-state index in [1.165, 1.54) is 4.31 Å². The number of rotatable bonds is 3. The first kappa shape index (κ1) is 14.5. The molecule has 0 radical (unpaired) electrons. The molecule has 0 aromatic heterocycles. The molecule has 1 unspecified atom stereocenters. The Balaban J connectivity index is 2.24. The highest BCUT2D eigenvalue weighted by Crippen LogP contribution is 2.19. The Kier molecular flexibility index (Phi) is 4.57. The van der Waals surface area contributed by atoms with Gasteiger partial charge < -0.3 is 10.5 Å². The standard InChI is InChI=1S/C13H20N2O3S/c1-11-10-15(7-2-8-18-11)19(16,17)13-5-3-12(9-14)4-6-13/h3-6,11H,2,7-10,14H2,1H3. The maximum atomic E-state index is 12.5. The van der Waals surface area contributed by atoms with E-state index in [-0.39, 0.29) is 6.10 Å². The summed E-state index contributed by atoms with van der Waals surface area (Å²) in [5, 5.41) is 0. The van der Waals surface area contributed by atoms with Gasteiger partial charge in [0.1, 0.15) is 0 Å². The second kappa shape index (κ2) is 6.00. The minimum Gasteiger partial charge on any atom is -0.377 e. The predicted octanol–water partition coefficient (Wildman–Crippen LogP) is 0.945. The van der Waals surface area contributed by atoms with Gasteiger partial charge in [0.2, 0.25) is 10.0 Å². The molecule has 19 heavy (non-hydrogen) atoms. The molecule has 1 fully saturated rings. The van der Waals surface area contributed by atoms with Crippen LogP contribution >= 0.6 is 0 Å². The van der Waals surface area contributed by atoms with Crippen molar-refractivity contribution in [2.45, 2.75) is 30.9 Å². The van der Waals surface area contributed by atoms with Crippen molar-refractivity contribution in [2.75, 3.05) is 19.7 Å². The zero-order chi connectivity index (χ0) is 13.9. The lowest BCUT2D eigenvalue weighted by molar-refractivity contribution is 0.0752. The van der Waals surface area contributed by atoms with Crippen LogP contribution in [-0.4, -0.2) is 38.5 Å². The molecule has 0 saturated carbocycles. The summed E-state index contributed by atoms with van der Waals surface area (Å²) < 4.78 is 32.0. The number of ether oxygens (including phenoxy) is 1. The van der Waals surface area contributed by atoms with E-state index in [0.29, 0.717) is 31.1 Å². The predicted molar refractivity (Wildman–Crippen MR) is 73.1 cm³/mol. The van der Waals surface area contributed by atoms with Crippen molar-refractivity contribution >= 4 is 10.0 Å². The molecule has 6 heteroatoms. The third-order valence-electron chi connectivity index (χ3n) is 3.21. The fourth-order valence-electron chi connectivity index (χ4n) is 2.12. The van der Waals surface area contributed by atoms with E-state index in [0.717, 1.165) is 12.0 Å². The second-order valence-corrected chi connectivity index (χ2v) is 6.68. The smallest absolute Gasteiger partial charge is 0.243 e. The van der Waals surface area contributed by atoms with Crippen LogP contribution in [0.5, 0.6) is 0 Å². The molecule has 1 aliphatic heterocycles. The molecule has 1 saturated heterocycles. The number of sulfonamides is 1. The number of benzene rings is 1. The Hall–Kier alpha value is -0.950. The second-order valence-electron chi connectivity index (χ2n) is 4.75. The van der Waals surface area contributed by atoms with Crippen LogP contribution in [0, 0.1) is 0 Å². The van der Waals surface area contributed by atoms with Crippen molar-refractivity contribution in [2.24, 2.45) is 5.73 Å². The SMILES string of the molecule is CC1CN(S(=O)(=O)c2ccc(CN)cc2)CCCO1. The lowest BCUT2D eigenvalue weighted by Gasteiger charge is -2.21. The molecule has 1 atom stereocenters. The Labute approximate surface area is 114 Å². The number of hydrogen-bond acceptors (Lipinski definition) is 4. The maximum Gasteiger partial charge on any atom is 0.243 e. The summed E-state index contributed by atoms with van der Waals surface area (Å²) in [4.78, 5) is 0.318. The fourth-order valence-corrected chi connectivity index (χ4v) is 3.67. The van der Waals surface area contributed by atoms with Crippen LogP contribution in [0.4, 0.5) is 0 Å². The van der Waals surface area contributed by atoms with Crippen LogP contribution in [0.15, 0.2) is 29.2 Å². The molecule has 0 aliphatic carbocycles. The number of nitrogens with two attached hydrogens (primary N) is 1. The largest absolute Gasteiger partial charge is 0.377 e. The van der Waals surface area contributed by atoms with Crippen molar-refractivity contribution in [1.29, 1.82) is 0 Å². The normalized spacial score (nSPS) is 22.1. The number of nitrogens with zero attached hydrogens (tertiary/aromatic N) is 1. The summed E-state index contributed by atoms with van der Waals surface area (Å²) in [5.41, 5.74) is 6.44. The highest BCUT2D eigenvalue weighted by Gasteiger charge is 2.27. The average Bonchev–Trinajstić information content (AvgIpc) is 2.64. The van der Waals surface area contributed by atoms with Crippen LogP contribution in [0.2, 0.25) is 0 Å². The average molecular weight is 284 g/mol. The van der Waals surface area contributed by atoms with Crippen LogP contribution in [0.3, 0.4) is 0 Å². The van der Waals surface area contributed by atoms with E-state index in [4.69, 9.17) is 10.5 Å². The molecule has 2 rings (SSSR count). The summed E-state index contributed by atoms with van der Waals surface area (Å²) in [6, 6.07) is 6.75. The summed E-state index contributed by atoms with van der Waals surface area (Å²) in [7, 11) is -3.43. The molecule has 2 N–H and O–H groups in total. The first-order chi connectivity index (χ1) is 9.04. The van der Waals surface area contributed by atoms with Gasteiger partial charge in [-0.25, -0.2) is 8.42 Å². The van der Waals surface area contributed by atoms with Gasteiger partial charge in [0.05, 0.1) is 11.0 Å². The summed E-state index contributed by atoms with van der Waals surface area (Å²) in [6.45, 7) is 3.83. The van der Waals surface area contributed by atoms with E-state index >= 15 is 0 Å². The van der Waals surface area contributed by atoms with Gasteiger partial charge in [0, 0.05) is 26.2 Å². The minimum absolute atomic E-state index is 0.0689. The van der Waals surface area contributed by atoms with Crippen molar-refractivity contribution in [1.82, 2.24) is 4.31 Å². The highest BCUT2D eigenvalue weighted by molar-refractivity contribution is 7.89. The third-order valence-corrected chi connectivity index (χ3v) is 5.09. The summed E-state index contributed by atoms with van der Waals surface area (Å²) in [5.74, 6) is 0. The molecule has 5 nitrogen and oxygen atoms in total. The van der Waals surface area contributed by atoms with Gasteiger partial charge in [-0.15, -0.1) is 0 Å². The van der Waals surface area contributed by atoms with Gasteiger partial charge in [-0.1, -0.05) is 12.1 Å². The van der Waals surface area contributed by atoms with Gasteiger partial charge >= 0.3 is 0 Å². The first-order valence-corrected chi connectivity index (χ1v) is 7.89. The van der Waals surface area contributed by atoms with Crippen LogP contribution in [0.25, 0.3) is 0 Å². The molecule has 1 aromatic carbocycles. The molecule has 0 bridgehead atoms. The lowest BCUT2D eigenvalue weighted by Crippen LogP contribution is -2.35. The third kappa shape index (κ3) is 3.33. The van der Waals surface area contributed by atoms with Crippen molar-refractivity contribution in [3.05, 3.63) is 29.8 Å². The van der Waals surface area contributed by atoms with Crippen LogP contribution in [0.1, 0.15) is 18.9 Å². The Bertz CT molecular complexity index is 513. The van der Waals surface area contributed by atoms with Crippen molar-refractivity contribution in [3.8, 4) is 0 Å². The first-order valence-electron chi connectivity index (χ1n) is 6.45. The molecular weight excluding hydrogens is 264 g/mol. The Morgan fingerprint density at radius 2 is 2.05 bits per heavy atom. The molecular formula is C13H20N2O3S. The Morgan fingerprint density at radius 1 is 1.37 bits per heavy atom. The van der Waals surface area contributed by atoms with E-state index in [1.807, 2.05) is 6.92 Å². The van der Waals surface area contributed by atoms with Gasteiger partial charge in [0.15, 0.2) is 0 Å². The van der Waals surface area contributed by atoms with E-state index in [9.17, 15) is 8.42 Å². The molecule has 0 spiro atoms. The maximum absolute atomic E-state index is 12.5. The quantitative estimate of drug-likeness (QED) is 0.896. The Morgan fingerprint density at radius 3 is 2.68 bits per heavy atom. The van der Waals surface area contributed by atoms with Gasteiger partial charge in [0.25, 0.3) is 0 Å². The zero-order valence-electron chi connectivity index (χ0n) is 11.1. The van der Waals surface area contributed by atoms with E-state index < -0.39 is 10.0 Å². The molecule has 1 heterocycles. The topological polar surface area (TPSA) is 72.6 Å². The molecule has 1 aromatic rings. The van der Waals surface area contributed by atoms with E-state index in [1.54, 1.807) is 24.3 Å². The monoisotopic (exact) mass is 284 g/mol. The van der Waals surface area contributed by atoms with Crippen LogP contribution in [-0.2, 0) is 21.3 Å². The fraction of sp³-hybridized carbons (Fsp3) is 0.538. The van der Waals surface area contributed by atoms with E-state index in [2.05, 4.69) is 0 Å². The number of hydrogen-bond donors (Lipinski definition) is 1. The van der Waals surface area contributed by atoms with Gasteiger partial charge in [-0.2, -0.15) is 4.31 Å².